The summed E-state index contributed by atoms with van der Waals surface area (Å²) in [7, 11) is 1.43. The van der Waals surface area contributed by atoms with Crippen molar-refractivity contribution in [1.29, 1.82) is 0 Å². The van der Waals surface area contributed by atoms with Crippen molar-refractivity contribution >= 4 is 40.7 Å². The van der Waals surface area contributed by atoms with E-state index in [4.69, 9.17) is 17.3 Å². The Hall–Kier alpha value is -2.86. The SMILES string of the molecule is CN=C(C1=C(N)C(C)N(C(=O)c2cc(F)cc(N3CC4(CSC4)C3)c2Cl)CC1)c1cncc(C(F)(F)F)n1. The summed E-state index contributed by atoms with van der Waals surface area (Å²) in [6, 6.07) is 1.83. The van der Waals surface area contributed by atoms with Gasteiger partial charge in [0, 0.05) is 54.9 Å². The molecule has 1 spiro atoms. The van der Waals surface area contributed by atoms with Crippen LogP contribution in [0.15, 0.2) is 40.8 Å². The Kier molecular flexibility index (Phi) is 6.83. The molecular formula is C25H25ClF4N6OS. The molecule has 5 rings (SSSR count). The predicted octanol–water partition coefficient (Wildman–Crippen LogP) is 4.41. The van der Waals surface area contributed by atoms with Gasteiger partial charge in [0.05, 0.1) is 40.4 Å². The van der Waals surface area contributed by atoms with E-state index < -0.39 is 29.6 Å². The summed E-state index contributed by atoms with van der Waals surface area (Å²) in [5, 5.41) is 0.189. The molecule has 2 saturated heterocycles. The maximum atomic E-state index is 14.6. The summed E-state index contributed by atoms with van der Waals surface area (Å²) >= 11 is 8.52. The first-order chi connectivity index (χ1) is 17.9. The van der Waals surface area contributed by atoms with Gasteiger partial charge in [-0.1, -0.05) is 11.6 Å². The minimum absolute atomic E-state index is 0.0434. The van der Waals surface area contributed by atoms with Crippen LogP contribution < -0.4 is 10.6 Å². The molecule has 1 aromatic carbocycles. The second-order valence-electron chi connectivity index (χ2n) is 9.85. The van der Waals surface area contributed by atoms with Crippen LogP contribution in [-0.2, 0) is 6.18 Å². The van der Waals surface area contributed by atoms with E-state index in [0.717, 1.165) is 30.7 Å². The number of amides is 1. The minimum atomic E-state index is -4.67. The summed E-state index contributed by atoms with van der Waals surface area (Å²) in [5.74, 6) is 1.09. The molecule has 13 heteroatoms. The van der Waals surface area contributed by atoms with Crippen molar-refractivity contribution < 1.29 is 22.4 Å². The number of thioether (sulfide) groups is 1. The van der Waals surface area contributed by atoms with Gasteiger partial charge in [0.2, 0.25) is 0 Å². The van der Waals surface area contributed by atoms with Crippen molar-refractivity contribution in [2.24, 2.45) is 16.1 Å². The molecular weight excluding hydrogens is 544 g/mol. The maximum absolute atomic E-state index is 14.6. The van der Waals surface area contributed by atoms with Crippen molar-refractivity contribution in [2.45, 2.75) is 25.6 Å². The first-order valence-corrected chi connectivity index (χ1v) is 13.5. The highest BCUT2D eigenvalue weighted by atomic mass is 35.5. The standard InChI is InChI=1S/C25H25ClF4N6OS/c1-13-21(31)15(22(32-2)17-7-33-8-19(34-17)25(28,29)30)3-4-36(13)23(37)16-5-14(27)6-18(20(16)26)35-9-24(10-35)11-38-12-24/h5-8,13H,3-4,9-12,31H2,1-2H3. The molecule has 3 aliphatic heterocycles. The molecule has 1 aromatic heterocycles. The monoisotopic (exact) mass is 568 g/mol. The molecule has 1 amide bonds. The van der Waals surface area contributed by atoms with Gasteiger partial charge in [0.25, 0.3) is 5.91 Å². The number of carbonyl (C=O) groups excluding carboxylic acids is 1. The number of nitrogens with zero attached hydrogens (tertiary/aromatic N) is 5. The minimum Gasteiger partial charge on any atom is -0.400 e. The molecule has 4 heterocycles. The van der Waals surface area contributed by atoms with Crippen molar-refractivity contribution in [3.63, 3.8) is 0 Å². The molecule has 3 aliphatic rings. The number of carbonyl (C=O) groups is 1. The van der Waals surface area contributed by atoms with Gasteiger partial charge >= 0.3 is 6.18 Å². The number of nitrogens with two attached hydrogens (primary N) is 1. The van der Waals surface area contributed by atoms with Crippen molar-refractivity contribution in [3.05, 3.63) is 63.6 Å². The van der Waals surface area contributed by atoms with Gasteiger partial charge in [-0.2, -0.15) is 24.9 Å². The second kappa shape index (κ2) is 9.71. The fraction of sp³-hybridized carbons (Fsp3) is 0.440. The highest BCUT2D eigenvalue weighted by Gasteiger charge is 2.49. The molecule has 1 atom stereocenters. The first kappa shape index (κ1) is 26.7. The molecule has 38 heavy (non-hydrogen) atoms. The smallest absolute Gasteiger partial charge is 0.400 e. The van der Waals surface area contributed by atoms with E-state index in [0.29, 0.717) is 17.5 Å². The van der Waals surface area contributed by atoms with Crippen LogP contribution >= 0.6 is 23.4 Å². The predicted molar refractivity (Wildman–Crippen MR) is 139 cm³/mol. The van der Waals surface area contributed by atoms with Crippen LogP contribution in [0.4, 0.5) is 23.2 Å². The van der Waals surface area contributed by atoms with Crippen LogP contribution in [0.25, 0.3) is 0 Å². The molecule has 202 valence electrons. The number of anilines is 1. The third-order valence-electron chi connectivity index (χ3n) is 7.26. The zero-order valence-corrected chi connectivity index (χ0v) is 22.2. The Bertz CT molecular complexity index is 1350. The molecule has 0 saturated carbocycles. The summed E-state index contributed by atoms with van der Waals surface area (Å²) in [6.07, 6.45) is -2.63. The summed E-state index contributed by atoms with van der Waals surface area (Å²) < 4.78 is 54.2. The quantitative estimate of drug-likeness (QED) is 0.434. The Labute approximate surface area is 226 Å². The van der Waals surface area contributed by atoms with Gasteiger partial charge in [-0.25, -0.2) is 9.37 Å². The number of alkyl halides is 3. The number of benzene rings is 1. The lowest BCUT2D eigenvalue weighted by atomic mass is 9.82. The lowest BCUT2D eigenvalue weighted by Crippen LogP contribution is -2.63. The van der Waals surface area contributed by atoms with Gasteiger partial charge in [-0.05, 0) is 25.5 Å². The van der Waals surface area contributed by atoms with Gasteiger partial charge in [-0.15, -0.1) is 0 Å². The highest BCUT2D eigenvalue weighted by molar-refractivity contribution is 8.00. The molecule has 1 unspecified atom stereocenters. The molecule has 0 bridgehead atoms. The molecule has 0 radical (unpaired) electrons. The zero-order valence-electron chi connectivity index (χ0n) is 20.6. The van der Waals surface area contributed by atoms with E-state index in [-0.39, 0.29) is 46.1 Å². The lowest BCUT2D eigenvalue weighted by molar-refractivity contribution is -0.141. The number of rotatable bonds is 4. The topological polar surface area (TPSA) is 87.7 Å². The van der Waals surface area contributed by atoms with Crippen LogP contribution in [0.1, 0.15) is 35.1 Å². The number of aliphatic imine (C=N–C) groups is 1. The van der Waals surface area contributed by atoms with Crippen LogP contribution in [0.5, 0.6) is 0 Å². The fourth-order valence-electron chi connectivity index (χ4n) is 5.17. The van der Waals surface area contributed by atoms with Crippen molar-refractivity contribution in [2.75, 3.05) is 43.1 Å². The van der Waals surface area contributed by atoms with E-state index in [1.54, 1.807) is 6.92 Å². The fourth-order valence-corrected chi connectivity index (χ4v) is 6.62. The number of hydrogen-bond donors (Lipinski definition) is 1. The Morgan fingerprint density at radius 3 is 2.58 bits per heavy atom. The molecule has 2 fully saturated rings. The van der Waals surface area contributed by atoms with E-state index in [1.165, 1.54) is 24.2 Å². The van der Waals surface area contributed by atoms with Gasteiger partial charge in [0.1, 0.15) is 11.5 Å². The molecule has 2 aromatic rings. The van der Waals surface area contributed by atoms with E-state index >= 15 is 0 Å². The summed E-state index contributed by atoms with van der Waals surface area (Å²) in [6.45, 7) is 3.41. The Morgan fingerprint density at radius 1 is 1.26 bits per heavy atom. The first-order valence-electron chi connectivity index (χ1n) is 11.9. The summed E-state index contributed by atoms with van der Waals surface area (Å²) in [5.41, 5.74) is 6.90. The molecule has 0 aliphatic carbocycles. The van der Waals surface area contributed by atoms with Gasteiger partial charge in [0.15, 0.2) is 5.69 Å². The number of hydrogen-bond acceptors (Lipinski definition) is 7. The Balaban J connectivity index is 1.41. The average Bonchev–Trinajstić information content (AvgIpc) is 2.81. The molecule has 2 N–H and O–H groups in total. The van der Waals surface area contributed by atoms with Crippen molar-refractivity contribution in [3.8, 4) is 0 Å². The van der Waals surface area contributed by atoms with Crippen LogP contribution in [0, 0.1) is 11.2 Å². The highest BCUT2D eigenvalue weighted by Crippen LogP contribution is 2.48. The normalized spacial score (nSPS) is 21.4. The van der Waals surface area contributed by atoms with Crippen LogP contribution in [0.3, 0.4) is 0 Å². The van der Waals surface area contributed by atoms with Gasteiger partial charge in [-0.3, -0.25) is 14.8 Å². The third kappa shape index (κ3) is 4.61. The van der Waals surface area contributed by atoms with E-state index in [9.17, 15) is 22.4 Å². The van der Waals surface area contributed by atoms with Gasteiger partial charge < -0.3 is 15.5 Å². The second-order valence-corrected chi connectivity index (χ2v) is 11.2. The maximum Gasteiger partial charge on any atom is 0.434 e. The lowest BCUT2D eigenvalue weighted by Gasteiger charge is -2.56. The Morgan fingerprint density at radius 2 is 1.97 bits per heavy atom. The zero-order chi connectivity index (χ0) is 27.4. The molecule has 7 nitrogen and oxygen atoms in total. The number of aromatic nitrogens is 2. The van der Waals surface area contributed by atoms with Crippen LogP contribution in [0.2, 0.25) is 5.02 Å². The van der Waals surface area contributed by atoms with E-state index in [1.807, 2.05) is 16.7 Å². The van der Waals surface area contributed by atoms with Crippen molar-refractivity contribution in [1.82, 2.24) is 14.9 Å². The van der Waals surface area contributed by atoms with Crippen LogP contribution in [-0.4, -0.2) is 70.7 Å². The largest absolute Gasteiger partial charge is 0.434 e. The average molecular weight is 569 g/mol. The van der Waals surface area contributed by atoms with E-state index in [2.05, 4.69) is 15.0 Å². The third-order valence-corrected chi connectivity index (χ3v) is 9.30. The summed E-state index contributed by atoms with van der Waals surface area (Å²) in [4.78, 5) is 28.5. The number of halogens is 5.